The molecule has 0 saturated carbocycles. The summed E-state index contributed by atoms with van der Waals surface area (Å²) in [6.45, 7) is 3.29. The van der Waals surface area contributed by atoms with Crippen LogP contribution in [-0.2, 0) is 14.3 Å². The van der Waals surface area contributed by atoms with Crippen LogP contribution in [0.4, 0.5) is 5.69 Å². The molecule has 25 heavy (non-hydrogen) atoms. The van der Waals surface area contributed by atoms with Crippen LogP contribution in [0.15, 0.2) is 24.3 Å². The zero-order valence-corrected chi connectivity index (χ0v) is 14.3. The lowest BCUT2D eigenvalue weighted by Crippen LogP contribution is -2.47. The highest BCUT2D eigenvalue weighted by atomic mass is 16.5. The van der Waals surface area contributed by atoms with Gasteiger partial charge in [-0.1, -0.05) is 12.1 Å². The van der Waals surface area contributed by atoms with Gasteiger partial charge in [-0.3, -0.25) is 14.4 Å². The summed E-state index contributed by atoms with van der Waals surface area (Å²) in [6.07, 6.45) is 1.26. The van der Waals surface area contributed by atoms with Gasteiger partial charge in [0.15, 0.2) is 0 Å². The number of piperidine rings is 1. The van der Waals surface area contributed by atoms with Crippen molar-refractivity contribution in [1.29, 1.82) is 0 Å². The van der Waals surface area contributed by atoms with Gasteiger partial charge in [0.05, 0.1) is 12.2 Å². The standard InChI is InChI=1S/C18H23N3O4/c1-2-25-17(23)10-19-15-6-4-3-5-13(15)18(24)21-8-7-14-12(11-21)9-16(22)20-14/h3-6,12,14,19H,2,7-11H2,1H3,(H,20,22)/t12-,14+/m1/s1. The summed E-state index contributed by atoms with van der Waals surface area (Å²) in [5.41, 5.74) is 1.14. The number of anilines is 1. The molecule has 0 spiro atoms. The van der Waals surface area contributed by atoms with Gasteiger partial charge in [0.25, 0.3) is 5.91 Å². The largest absolute Gasteiger partial charge is 0.465 e. The number of likely N-dealkylation sites (tertiary alicyclic amines) is 1. The molecule has 134 valence electrons. The maximum atomic E-state index is 12.9. The number of hydrogen-bond donors (Lipinski definition) is 2. The number of nitrogens with one attached hydrogen (secondary N) is 2. The Kier molecular flexibility index (Phi) is 5.21. The van der Waals surface area contributed by atoms with Crippen LogP contribution >= 0.6 is 0 Å². The fraction of sp³-hybridized carbons (Fsp3) is 0.500. The number of carbonyl (C=O) groups is 3. The minimum absolute atomic E-state index is 0.0151. The summed E-state index contributed by atoms with van der Waals surface area (Å²) in [4.78, 5) is 37.8. The number of nitrogens with zero attached hydrogens (tertiary/aromatic N) is 1. The molecule has 0 unspecified atom stereocenters. The van der Waals surface area contributed by atoms with Crippen LogP contribution in [-0.4, -0.2) is 55.0 Å². The molecule has 0 bridgehead atoms. The molecule has 2 aliphatic heterocycles. The first-order valence-corrected chi connectivity index (χ1v) is 8.65. The van der Waals surface area contributed by atoms with E-state index >= 15 is 0 Å². The second-order valence-corrected chi connectivity index (χ2v) is 6.38. The molecule has 2 atom stereocenters. The highest BCUT2D eigenvalue weighted by Gasteiger charge is 2.38. The molecule has 2 heterocycles. The predicted molar refractivity (Wildman–Crippen MR) is 92.1 cm³/mol. The van der Waals surface area contributed by atoms with Crippen molar-refractivity contribution in [3.05, 3.63) is 29.8 Å². The second kappa shape index (κ2) is 7.55. The number of benzene rings is 1. The first kappa shape index (κ1) is 17.3. The lowest BCUT2D eigenvalue weighted by molar-refractivity contribution is -0.140. The van der Waals surface area contributed by atoms with Crippen molar-refractivity contribution in [2.45, 2.75) is 25.8 Å². The van der Waals surface area contributed by atoms with Gasteiger partial charge in [-0.2, -0.15) is 0 Å². The van der Waals surface area contributed by atoms with Crippen molar-refractivity contribution < 1.29 is 19.1 Å². The molecular formula is C18H23N3O4. The van der Waals surface area contributed by atoms with Crippen LogP contribution in [0.25, 0.3) is 0 Å². The Morgan fingerprint density at radius 2 is 2.16 bits per heavy atom. The summed E-state index contributed by atoms with van der Waals surface area (Å²) < 4.78 is 4.90. The lowest BCUT2D eigenvalue weighted by atomic mass is 9.93. The van der Waals surface area contributed by atoms with E-state index < -0.39 is 0 Å². The van der Waals surface area contributed by atoms with E-state index in [0.29, 0.717) is 37.4 Å². The summed E-state index contributed by atoms with van der Waals surface area (Å²) in [5.74, 6) is -0.184. The van der Waals surface area contributed by atoms with E-state index in [1.807, 2.05) is 6.07 Å². The van der Waals surface area contributed by atoms with Crippen LogP contribution in [0, 0.1) is 5.92 Å². The van der Waals surface area contributed by atoms with E-state index in [0.717, 1.165) is 6.42 Å². The third kappa shape index (κ3) is 3.92. The fourth-order valence-corrected chi connectivity index (χ4v) is 3.49. The molecule has 7 nitrogen and oxygen atoms in total. The molecule has 2 N–H and O–H groups in total. The summed E-state index contributed by atoms with van der Waals surface area (Å²) in [5, 5.41) is 5.95. The molecule has 2 aliphatic rings. The van der Waals surface area contributed by atoms with Crippen molar-refractivity contribution in [3.8, 4) is 0 Å². The monoisotopic (exact) mass is 345 g/mol. The van der Waals surface area contributed by atoms with Crippen molar-refractivity contribution >= 4 is 23.5 Å². The van der Waals surface area contributed by atoms with Crippen molar-refractivity contribution in [1.82, 2.24) is 10.2 Å². The van der Waals surface area contributed by atoms with Crippen molar-refractivity contribution in [3.63, 3.8) is 0 Å². The summed E-state index contributed by atoms with van der Waals surface area (Å²) >= 11 is 0. The van der Waals surface area contributed by atoms with Gasteiger partial charge in [-0.15, -0.1) is 0 Å². The van der Waals surface area contributed by atoms with Crippen LogP contribution in [0.2, 0.25) is 0 Å². The number of fused-ring (bicyclic) bond motifs is 1. The molecule has 2 amide bonds. The maximum absolute atomic E-state index is 12.9. The van der Waals surface area contributed by atoms with Crippen molar-refractivity contribution in [2.75, 3.05) is 31.6 Å². The van der Waals surface area contributed by atoms with Gasteiger partial charge < -0.3 is 20.3 Å². The molecule has 0 aromatic heterocycles. The summed E-state index contributed by atoms with van der Waals surface area (Å²) in [6, 6.07) is 7.33. The smallest absolute Gasteiger partial charge is 0.325 e. The Hall–Kier alpha value is -2.57. The molecule has 1 aromatic carbocycles. The van der Waals surface area contributed by atoms with Crippen LogP contribution in [0.5, 0.6) is 0 Å². The fourth-order valence-electron chi connectivity index (χ4n) is 3.49. The second-order valence-electron chi connectivity index (χ2n) is 6.38. The molecule has 0 radical (unpaired) electrons. The third-order valence-electron chi connectivity index (χ3n) is 4.70. The van der Waals surface area contributed by atoms with Gasteiger partial charge in [-0.25, -0.2) is 0 Å². The topological polar surface area (TPSA) is 87.7 Å². The van der Waals surface area contributed by atoms with Crippen LogP contribution < -0.4 is 10.6 Å². The van der Waals surface area contributed by atoms with Gasteiger partial charge in [0.2, 0.25) is 5.91 Å². The Morgan fingerprint density at radius 3 is 2.96 bits per heavy atom. The molecule has 1 aromatic rings. The number of carbonyl (C=O) groups excluding carboxylic acids is 3. The Bertz CT molecular complexity index is 676. The zero-order chi connectivity index (χ0) is 17.8. The SMILES string of the molecule is CCOC(=O)CNc1ccccc1C(=O)N1CC[C@@H]2NC(=O)C[C@@H]2C1. The maximum Gasteiger partial charge on any atom is 0.325 e. The molecule has 7 heteroatoms. The summed E-state index contributed by atoms with van der Waals surface area (Å²) in [7, 11) is 0. The molecular weight excluding hydrogens is 322 g/mol. The third-order valence-corrected chi connectivity index (χ3v) is 4.70. The van der Waals surface area contributed by atoms with E-state index in [1.165, 1.54) is 0 Å². The average Bonchev–Trinajstić information content (AvgIpc) is 2.99. The Labute approximate surface area is 146 Å². The lowest BCUT2D eigenvalue weighted by Gasteiger charge is -2.34. The van der Waals surface area contributed by atoms with Gasteiger partial charge in [0, 0.05) is 37.2 Å². The van der Waals surface area contributed by atoms with E-state index in [9.17, 15) is 14.4 Å². The number of ether oxygens (including phenoxy) is 1. The number of hydrogen-bond acceptors (Lipinski definition) is 5. The highest BCUT2D eigenvalue weighted by Crippen LogP contribution is 2.27. The number of para-hydroxylation sites is 1. The Morgan fingerprint density at radius 1 is 1.36 bits per heavy atom. The normalized spacial score (nSPS) is 22.1. The molecule has 2 fully saturated rings. The minimum Gasteiger partial charge on any atom is -0.465 e. The van der Waals surface area contributed by atoms with E-state index in [2.05, 4.69) is 10.6 Å². The molecule has 2 saturated heterocycles. The highest BCUT2D eigenvalue weighted by molar-refractivity contribution is 6.00. The Balaban J connectivity index is 1.68. The quantitative estimate of drug-likeness (QED) is 0.778. The molecule has 0 aliphatic carbocycles. The van der Waals surface area contributed by atoms with Gasteiger partial charge in [-0.05, 0) is 25.5 Å². The van der Waals surface area contributed by atoms with E-state index in [4.69, 9.17) is 4.74 Å². The van der Waals surface area contributed by atoms with Crippen LogP contribution in [0.1, 0.15) is 30.1 Å². The molecule has 3 rings (SSSR count). The number of esters is 1. The number of rotatable bonds is 5. The zero-order valence-electron chi connectivity index (χ0n) is 14.3. The van der Waals surface area contributed by atoms with Gasteiger partial charge >= 0.3 is 5.97 Å². The van der Waals surface area contributed by atoms with E-state index in [-0.39, 0.29) is 36.3 Å². The predicted octanol–water partition coefficient (Wildman–Crippen LogP) is 1.01. The number of amides is 2. The first-order valence-electron chi connectivity index (χ1n) is 8.65. The van der Waals surface area contributed by atoms with Crippen molar-refractivity contribution in [2.24, 2.45) is 5.92 Å². The van der Waals surface area contributed by atoms with Gasteiger partial charge in [0.1, 0.15) is 6.54 Å². The minimum atomic E-state index is -0.360. The average molecular weight is 345 g/mol. The van der Waals surface area contributed by atoms with E-state index in [1.54, 1.807) is 30.0 Å². The first-order chi connectivity index (χ1) is 12.1. The van der Waals surface area contributed by atoms with Crippen LogP contribution in [0.3, 0.4) is 0 Å².